The maximum absolute atomic E-state index is 13.2. The Morgan fingerprint density at radius 2 is 2.10 bits per heavy atom. The van der Waals surface area contributed by atoms with Crippen molar-refractivity contribution in [2.75, 3.05) is 7.11 Å². The van der Waals surface area contributed by atoms with E-state index in [0.717, 1.165) is 16.9 Å². The summed E-state index contributed by atoms with van der Waals surface area (Å²) in [5.41, 5.74) is -0.466. The maximum Gasteiger partial charge on any atom is 0.456 e. The van der Waals surface area contributed by atoms with Gasteiger partial charge < -0.3 is 4.74 Å². The molecule has 0 saturated heterocycles. The maximum atomic E-state index is 13.2. The molecule has 0 bridgehead atoms. The van der Waals surface area contributed by atoms with Crippen LogP contribution in [0.5, 0.6) is 5.75 Å². The number of nitrogens with zero attached hydrogens (tertiary/aromatic N) is 3. The Morgan fingerprint density at radius 1 is 1.38 bits per heavy atom. The number of Topliss-reactive ketones (excluding diaryl/α,β-unsaturated/α-hetero) is 1. The molecule has 21 heavy (non-hydrogen) atoms. The summed E-state index contributed by atoms with van der Waals surface area (Å²) in [7, 11) is 1.37. The minimum absolute atomic E-state index is 0.0843. The van der Waals surface area contributed by atoms with E-state index in [9.17, 15) is 22.4 Å². The molecule has 0 radical (unpaired) electrons. The fraction of sp³-hybridized carbons (Fsp3) is 0.250. The molecule has 0 spiro atoms. The molecule has 2 rings (SSSR count). The molecule has 9 heteroatoms. The quantitative estimate of drug-likeness (QED) is 0.642. The van der Waals surface area contributed by atoms with Crippen molar-refractivity contribution in [1.29, 1.82) is 0 Å². The molecule has 0 aliphatic rings. The molecular formula is C12H9F4N3O2. The minimum atomic E-state index is -5.02. The average molecular weight is 303 g/mol. The first kappa shape index (κ1) is 14.9. The summed E-state index contributed by atoms with van der Waals surface area (Å²) in [5.74, 6) is -2.27. The predicted octanol–water partition coefficient (Wildman–Crippen LogP) is 2.22. The molecule has 0 saturated carbocycles. The second kappa shape index (κ2) is 5.51. The molecule has 1 heterocycles. The molecule has 0 N–H and O–H groups in total. The van der Waals surface area contributed by atoms with Gasteiger partial charge in [0.15, 0.2) is 5.69 Å². The normalized spacial score (nSPS) is 11.5. The van der Waals surface area contributed by atoms with E-state index >= 15 is 0 Å². The van der Waals surface area contributed by atoms with Crippen molar-refractivity contribution >= 4 is 5.78 Å². The van der Waals surface area contributed by atoms with Crippen molar-refractivity contribution < 1.29 is 27.1 Å². The van der Waals surface area contributed by atoms with Crippen LogP contribution in [0.4, 0.5) is 17.6 Å². The van der Waals surface area contributed by atoms with Gasteiger partial charge in [-0.15, -0.1) is 5.10 Å². The Morgan fingerprint density at radius 3 is 2.71 bits per heavy atom. The number of ketones is 1. The lowest BCUT2D eigenvalue weighted by Gasteiger charge is -2.08. The van der Waals surface area contributed by atoms with Gasteiger partial charge in [-0.1, -0.05) is 5.21 Å². The van der Waals surface area contributed by atoms with E-state index in [1.807, 2.05) is 0 Å². The first-order valence-electron chi connectivity index (χ1n) is 5.65. The summed E-state index contributed by atoms with van der Waals surface area (Å²) in [4.78, 5) is 11.0. The van der Waals surface area contributed by atoms with Crippen molar-refractivity contribution in [2.45, 2.75) is 12.7 Å². The van der Waals surface area contributed by atoms with Crippen molar-refractivity contribution in [2.24, 2.45) is 0 Å². The summed E-state index contributed by atoms with van der Waals surface area (Å²) < 4.78 is 55.9. The summed E-state index contributed by atoms with van der Waals surface area (Å²) in [5, 5.41) is 6.58. The summed E-state index contributed by atoms with van der Waals surface area (Å²) >= 11 is 0. The summed E-state index contributed by atoms with van der Waals surface area (Å²) in [6, 6.07) is 3.72. The Bertz CT molecular complexity index is 667. The number of halogens is 4. The number of carbonyl (C=O) groups excluding carboxylic acids is 1. The van der Waals surface area contributed by atoms with Crippen LogP contribution in [0.2, 0.25) is 0 Å². The first-order valence-corrected chi connectivity index (χ1v) is 5.65. The number of carbonyl (C=O) groups is 1. The van der Waals surface area contributed by atoms with Crippen LogP contribution in [0.15, 0.2) is 24.4 Å². The van der Waals surface area contributed by atoms with Crippen LogP contribution < -0.4 is 4.74 Å². The topological polar surface area (TPSA) is 57.0 Å². The number of hydrogen-bond donors (Lipinski definition) is 0. The highest BCUT2D eigenvalue weighted by Gasteiger charge is 2.41. The minimum Gasteiger partial charge on any atom is -0.496 e. The van der Waals surface area contributed by atoms with Crippen LogP contribution in [0.3, 0.4) is 0 Å². The van der Waals surface area contributed by atoms with Gasteiger partial charge in [0.25, 0.3) is 5.78 Å². The lowest BCUT2D eigenvalue weighted by molar-refractivity contribution is -0.0888. The largest absolute Gasteiger partial charge is 0.496 e. The monoisotopic (exact) mass is 303 g/mol. The molecule has 1 aromatic carbocycles. The van der Waals surface area contributed by atoms with E-state index in [1.54, 1.807) is 0 Å². The lowest BCUT2D eigenvalue weighted by Crippen LogP contribution is -2.23. The molecule has 2 aromatic rings. The van der Waals surface area contributed by atoms with Gasteiger partial charge in [-0.25, -0.2) is 9.07 Å². The van der Waals surface area contributed by atoms with Crippen molar-refractivity contribution in [3.63, 3.8) is 0 Å². The molecule has 112 valence electrons. The molecule has 0 fully saturated rings. The van der Waals surface area contributed by atoms with Gasteiger partial charge in [0, 0.05) is 5.56 Å². The van der Waals surface area contributed by atoms with Crippen LogP contribution in [0, 0.1) is 5.82 Å². The zero-order valence-electron chi connectivity index (χ0n) is 10.7. The number of ether oxygens (including phenoxy) is 1. The third-order valence-electron chi connectivity index (χ3n) is 2.60. The Kier molecular flexibility index (Phi) is 3.92. The van der Waals surface area contributed by atoms with Crippen LogP contribution in [0.1, 0.15) is 16.1 Å². The SMILES string of the molecule is COc1ccc(F)cc1Cn1cc(C(=O)C(F)(F)F)nn1. The molecule has 1 aromatic heterocycles. The Labute approximate surface area is 116 Å². The van der Waals surface area contributed by atoms with Gasteiger partial charge in [-0.05, 0) is 18.2 Å². The zero-order chi connectivity index (χ0) is 15.6. The summed E-state index contributed by atoms with van der Waals surface area (Å²) in [6.45, 7) is -0.0843. The highest BCUT2D eigenvalue weighted by molar-refractivity contribution is 5.98. The van der Waals surface area contributed by atoms with Gasteiger partial charge in [-0.2, -0.15) is 13.2 Å². The van der Waals surface area contributed by atoms with Crippen molar-refractivity contribution in [3.05, 3.63) is 41.5 Å². The number of hydrogen-bond acceptors (Lipinski definition) is 4. The van der Waals surface area contributed by atoms with Crippen LogP contribution in [-0.2, 0) is 6.54 Å². The van der Waals surface area contributed by atoms with E-state index in [0.29, 0.717) is 11.3 Å². The van der Waals surface area contributed by atoms with E-state index in [1.165, 1.54) is 19.2 Å². The van der Waals surface area contributed by atoms with Crippen molar-refractivity contribution in [1.82, 2.24) is 15.0 Å². The third-order valence-corrected chi connectivity index (χ3v) is 2.60. The van der Waals surface area contributed by atoms with E-state index in [-0.39, 0.29) is 6.54 Å². The summed E-state index contributed by atoms with van der Waals surface area (Å²) in [6.07, 6.45) is -4.17. The van der Waals surface area contributed by atoms with Gasteiger partial charge in [0.2, 0.25) is 0 Å². The molecule has 0 atom stereocenters. The number of methoxy groups -OCH3 is 1. The molecule has 0 amide bonds. The Hall–Kier alpha value is -2.45. The van der Waals surface area contributed by atoms with Gasteiger partial charge in [0.1, 0.15) is 11.6 Å². The number of alkyl halides is 3. The lowest BCUT2D eigenvalue weighted by atomic mass is 10.2. The molecule has 5 nitrogen and oxygen atoms in total. The zero-order valence-corrected chi connectivity index (χ0v) is 10.7. The molecule has 0 aliphatic carbocycles. The highest BCUT2D eigenvalue weighted by Crippen LogP contribution is 2.22. The average Bonchev–Trinajstić information content (AvgIpc) is 2.85. The first-order chi connectivity index (χ1) is 9.81. The molecule has 0 aliphatic heterocycles. The second-order valence-corrected chi connectivity index (χ2v) is 4.08. The van der Waals surface area contributed by atoms with E-state index in [4.69, 9.17) is 4.74 Å². The smallest absolute Gasteiger partial charge is 0.456 e. The van der Waals surface area contributed by atoms with Crippen LogP contribution in [0.25, 0.3) is 0 Å². The van der Waals surface area contributed by atoms with Crippen LogP contribution in [-0.4, -0.2) is 34.1 Å². The van der Waals surface area contributed by atoms with Gasteiger partial charge in [0.05, 0.1) is 19.9 Å². The highest BCUT2D eigenvalue weighted by atomic mass is 19.4. The fourth-order valence-electron chi connectivity index (χ4n) is 1.67. The number of aromatic nitrogens is 3. The standard InChI is InChI=1S/C12H9F4N3O2/c1-21-10-3-2-8(13)4-7(10)5-19-6-9(17-18-19)11(20)12(14,15)16/h2-4,6H,5H2,1H3. The third kappa shape index (κ3) is 3.36. The van der Waals surface area contributed by atoms with E-state index in [2.05, 4.69) is 10.3 Å². The van der Waals surface area contributed by atoms with Crippen LogP contribution >= 0.6 is 0 Å². The molecular weight excluding hydrogens is 294 g/mol. The van der Waals surface area contributed by atoms with E-state index < -0.39 is 23.5 Å². The number of benzene rings is 1. The van der Waals surface area contributed by atoms with Crippen molar-refractivity contribution in [3.8, 4) is 5.75 Å². The predicted molar refractivity (Wildman–Crippen MR) is 62.5 cm³/mol. The second-order valence-electron chi connectivity index (χ2n) is 4.08. The molecule has 0 unspecified atom stereocenters. The number of rotatable bonds is 4. The van der Waals surface area contributed by atoms with Gasteiger partial charge in [-0.3, -0.25) is 4.79 Å². The Balaban J connectivity index is 2.24. The fourth-order valence-corrected chi connectivity index (χ4v) is 1.67. The van der Waals surface area contributed by atoms with Gasteiger partial charge >= 0.3 is 6.18 Å².